The van der Waals surface area contributed by atoms with Crippen molar-refractivity contribution in [3.8, 4) is 11.8 Å². The SMILES string of the molecule is CC#CCC1C[C@@H]2C(=C3CCC(=O)C=C31)[C@@H](c1ccc(N3CCCCC3)cc1)C[C@]1(C)[C@@H](C(=O)COC)CC[C@@H]21. The smallest absolute Gasteiger partial charge is 0.162 e. The van der Waals surface area contributed by atoms with Crippen LogP contribution in [0.3, 0.4) is 0 Å². The lowest BCUT2D eigenvalue weighted by Crippen LogP contribution is -2.46. The molecule has 0 bridgehead atoms. The lowest BCUT2D eigenvalue weighted by atomic mass is 9.50. The van der Waals surface area contributed by atoms with E-state index in [0.717, 1.165) is 51.6 Å². The number of fused-ring (bicyclic) bond motifs is 4. The minimum atomic E-state index is -0.0484. The summed E-state index contributed by atoms with van der Waals surface area (Å²) >= 11 is 0. The van der Waals surface area contributed by atoms with E-state index in [9.17, 15) is 9.59 Å². The van der Waals surface area contributed by atoms with E-state index < -0.39 is 0 Å². The molecule has 6 atom stereocenters. The van der Waals surface area contributed by atoms with Crippen LogP contribution in [-0.4, -0.2) is 38.4 Å². The number of hydrogen-bond acceptors (Lipinski definition) is 4. The van der Waals surface area contributed by atoms with Crippen molar-refractivity contribution in [3.63, 3.8) is 0 Å². The first-order chi connectivity index (χ1) is 19.4. The second kappa shape index (κ2) is 11.3. The largest absolute Gasteiger partial charge is 0.377 e. The van der Waals surface area contributed by atoms with Crippen molar-refractivity contribution in [2.75, 3.05) is 31.7 Å². The van der Waals surface area contributed by atoms with Crippen LogP contribution in [0.2, 0.25) is 0 Å². The topological polar surface area (TPSA) is 46.6 Å². The molecular formula is C36H45NO3. The number of allylic oxidation sites excluding steroid dienone is 4. The van der Waals surface area contributed by atoms with E-state index in [1.54, 1.807) is 12.7 Å². The molecule has 1 unspecified atom stereocenters. The Morgan fingerprint density at radius 2 is 1.88 bits per heavy atom. The van der Waals surface area contributed by atoms with Crippen molar-refractivity contribution in [2.24, 2.45) is 29.1 Å². The Hall–Kier alpha value is -2.64. The number of carbonyl (C=O) groups excluding carboxylic acids is 2. The number of rotatable bonds is 6. The molecule has 4 aliphatic carbocycles. The first-order valence-electron chi connectivity index (χ1n) is 15.7. The number of piperidine rings is 1. The monoisotopic (exact) mass is 539 g/mol. The molecule has 5 aliphatic rings. The van der Waals surface area contributed by atoms with Gasteiger partial charge in [0.1, 0.15) is 6.61 Å². The van der Waals surface area contributed by atoms with Crippen LogP contribution >= 0.6 is 0 Å². The molecule has 1 aromatic carbocycles. The fraction of sp³-hybridized carbons (Fsp3) is 0.611. The zero-order chi connectivity index (χ0) is 27.9. The molecule has 4 heteroatoms. The molecule has 40 heavy (non-hydrogen) atoms. The Bertz CT molecular complexity index is 1270. The minimum Gasteiger partial charge on any atom is -0.377 e. The maximum absolute atomic E-state index is 13.4. The summed E-state index contributed by atoms with van der Waals surface area (Å²) in [5.41, 5.74) is 6.98. The van der Waals surface area contributed by atoms with Crippen molar-refractivity contribution in [3.05, 3.63) is 52.6 Å². The molecule has 0 aromatic heterocycles. The number of benzene rings is 1. The van der Waals surface area contributed by atoms with Gasteiger partial charge in [-0.25, -0.2) is 0 Å². The van der Waals surface area contributed by atoms with E-state index in [1.165, 1.54) is 41.7 Å². The van der Waals surface area contributed by atoms with Crippen LogP contribution in [0.1, 0.15) is 89.5 Å². The molecule has 1 heterocycles. The highest BCUT2D eigenvalue weighted by Gasteiger charge is 2.58. The zero-order valence-corrected chi connectivity index (χ0v) is 24.6. The first-order valence-corrected chi connectivity index (χ1v) is 15.7. The van der Waals surface area contributed by atoms with Crippen molar-refractivity contribution in [1.29, 1.82) is 0 Å². The summed E-state index contributed by atoms with van der Waals surface area (Å²) in [6.45, 7) is 6.83. The van der Waals surface area contributed by atoms with Crippen LogP contribution in [0.25, 0.3) is 0 Å². The molecule has 0 amide bonds. The highest BCUT2D eigenvalue weighted by atomic mass is 16.5. The number of ketones is 2. The van der Waals surface area contributed by atoms with Crippen molar-refractivity contribution >= 4 is 17.3 Å². The van der Waals surface area contributed by atoms with E-state index in [1.807, 2.05) is 13.0 Å². The predicted octanol–water partition coefficient (Wildman–Crippen LogP) is 7.05. The molecule has 6 rings (SSSR count). The van der Waals surface area contributed by atoms with Crippen LogP contribution in [0.15, 0.2) is 47.1 Å². The van der Waals surface area contributed by atoms with Gasteiger partial charge < -0.3 is 9.64 Å². The highest BCUT2D eigenvalue weighted by Crippen LogP contribution is 2.66. The number of methoxy groups -OCH3 is 1. The summed E-state index contributed by atoms with van der Waals surface area (Å²) in [6.07, 6.45) is 12.2. The summed E-state index contributed by atoms with van der Waals surface area (Å²) in [5, 5.41) is 0. The standard InChI is InChI=1S/C36H45NO3/c1-4-5-9-25-20-30-32-16-17-33(34(39)23-40-3)36(32,2)22-31(35(30)28-15-14-27(38)21-29(25)28)24-10-12-26(13-11-24)37-18-7-6-8-19-37/h10-13,21,25,30-33H,6-9,14-20,22-23H2,1-3H3/t25?,30-,31+,32-,33+,36-/m0/s1. The molecule has 212 valence electrons. The quantitative estimate of drug-likeness (QED) is 0.364. The highest BCUT2D eigenvalue weighted by molar-refractivity contribution is 5.93. The first kappa shape index (κ1) is 27.5. The van der Waals surface area contributed by atoms with Crippen molar-refractivity contribution < 1.29 is 14.3 Å². The average molecular weight is 540 g/mol. The van der Waals surface area contributed by atoms with Gasteiger partial charge in [0.05, 0.1) is 0 Å². The van der Waals surface area contributed by atoms with Crippen LogP contribution in [0.4, 0.5) is 5.69 Å². The molecule has 0 N–H and O–H groups in total. The lowest BCUT2D eigenvalue weighted by Gasteiger charge is -2.53. The van der Waals surface area contributed by atoms with E-state index in [2.05, 4.69) is 47.9 Å². The van der Waals surface area contributed by atoms with Crippen molar-refractivity contribution in [2.45, 2.75) is 84.0 Å². The van der Waals surface area contributed by atoms with E-state index in [0.29, 0.717) is 24.2 Å². The molecule has 1 aromatic rings. The van der Waals surface area contributed by atoms with Crippen LogP contribution in [0, 0.1) is 40.9 Å². The molecule has 2 saturated carbocycles. The Balaban J connectivity index is 1.45. The van der Waals surface area contributed by atoms with Crippen LogP contribution in [0.5, 0.6) is 0 Å². The molecule has 4 nitrogen and oxygen atoms in total. The van der Waals surface area contributed by atoms with E-state index >= 15 is 0 Å². The summed E-state index contributed by atoms with van der Waals surface area (Å²) in [7, 11) is 1.64. The third kappa shape index (κ3) is 4.79. The number of hydrogen-bond donors (Lipinski definition) is 0. The molecule has 1 saturated heterocycles. The molecular weight excluding hydrogens is 494 g/mol. The second-order valence-electron chi connectivity index (χ2n) is 13.2. The van der Waals surface area contributed by atoms with Gasteiger partial charge in [-0.1, -0.05) is 24.6 Å². The van der Waals surface area contributed by atoms with E-state index in [4.69, 9.17) is 4.74 Å². The fourth-order valence-electron chi connectivity index (χ4n) is 9.36. The van der Waals surface area contributed by atoms with Gasteiger partial charge in [-0.15, -0.1) is 11.8 Å². The molecule has 1 aliphatic heterocycles. The summed E-state index contributed by atoms with van der Waals surface area (Å²) in [6, 6.07) is 9.41. The Kier molecular flexibility index (Phi) is 7.79. The van der Waals surface area contributed by atoms with E-state index in [-0.39, 0.29) is 35.4 Å². The number of carbonyl (C=O) groups is 2. The van der Waals surface area contributed by atoms with Crippen LogP contribution in [-0.2, 0) is 14.3 Å². The summed E-state index contributed by atoms with van der Waals surface area (Å²) in [4.78, 5) is 28.6. The van der Waals surface area contributed by atoms with Gasteiger partial charge in [0.15, 0.2) is 11.6 Å². The third-order valence-electron chi connectivity index (χ3n) is 11.1. The fourth-order valence-corrected chi connectivity index (χ4v) is 9.36. The minimum absolute atomic E-state index is 0.0484. The van der Waals surface area contributed by atoms with Gasteiger partial charge in [0.25, 0.3) is 0 Å². The lowest BCUT2D eigenvalue weighted by molar-refractivity contribution is -0.131. The van der Waals surface area contributed by atoms with Gasteiger partial charge in [-0.05, 0) is 116 Å². The average Bonchev–Trinajstić information content (AvgIpc) is 3.33. The Morgan fingerprint density at radius 3 is 2.60 bits per heavy atom. The summed E-state index contributed by atoms with van der Waals surface area (Å²) < 4.78 is 5.35. The maximum atomic E-state index is 13.4. The molecule has 3 fully saturated rings. The Labute approximate surface area is 240 Å². The third-order valence-corrected chi connectivity index (χ3v) is 11.1. The summed E-state index contributed by atoms with van der Waals surface area (Å²) in [5.74, 6) is 8.57. The number of Topliss-reactive ketones (excluding diaryl/α,β-unsaturated/α-hetero) is 1. The second-order valence-corrected chi connectivity index (χ2v) is 13.2. The van der Waals surface area contributed by atoms with Gasteiger partial charge in [0, 0.05) is 50.6 Å². The number of nitrogens with zero attached hydrogens (tertiary/aromatic N) is 1. The Morgan fingerprint density at radius 1 is 1.10 bits per heavy atom. The zero-order valence-electron chi connectivity index (χ0n) is 24.6. The van der Waals surface area contributed by atoms with Crippen molar-refractivity contribution in [1.82, 2.24) is 0 Å². The molecule has 0 radical (unpaired) electrons. The van der Waals surface area contributed by atoms with Gasteiger partial charge in [0.2, 0.25) is 0 Å². The maximum Gasteiger partial charge on any atom is 0.162 e. The number of ether oxygens (including phenoxy) is 1. The van der Waals surface area contributed by atoms with Gasteiger partial charge in [-0.3, -0.25) is 9.59 Å². The van der Waals surface area contributed by atoms with Gasteiger partial charge in [-0.2, -0.15) is 0 Å². The predicted molar refractivity (Wildman–Crippen MR) is 160 cm³/mol. The molecule has 0 spiro atoms. The van der Waals surface area contributed by atoms with Gasteiger partial charge >= 0.3 is 0 Å². The normalized spacial score (nSPS) is 33.4. The number of anilines is 1. The van der Waals surface area contributed by atoms with Crippen LogP contribution < -0.4 is 4.90 Å².